The summed E-state index contributed by atoms with van der Waals surface area (Å²) in [5.41, 5.74) is -0.882. The monoisotopic (exact) mass is 279 g/mol. The standard InChI is InChI=1S/C12H13F4NS/c13-11-4-3-8(6-10(11)12(14,15)16)17-9-2-1-5-18-7-9/h3-4,6,9,17H,1-2,5,7H2. The average molecular weight is 279 g/mol. The maximum absolute atomic E-state index is 13.1. The van der Waals surface area contributed by atoms with Crippen molar-refractivity contribution < 1.29 is 17.6 Å². The molecule has 0 amide bonds. The molecular weight excluding hydrogens is 266 g/mol. The van der Waals surface area contributed by atoms with Crippen molar-refractivity contribution in [1.82, 2.24) is 0 Å². The maximum atomic E-state index is 13.1. The van der Waals surface area contributed by atoms with Crippen LogP contribution in [0, 0.1) is 5.82 Å². The highest BCUT2D eigenvalue weighted by Gasteiger charge is 2.34. The van der Waals surface area contributed by atoms with Crippen LogP contribution in [-0.4, -0.2) is 17.5 Å². The van der Waals surface area contributed by atoms with E-state index in [2.05, 4.69) is 5.32 Å². The molecular formula is C12H13F4NS. The zero-order valence-corrected chi connectivity index (χ0v) is 10.4. The smallest absolute Gasteiger partial charge is 0.381 e. The molecule has 0 bridgehead atoms. The molecule has 1 saturated heterocycles. The van der Waals surface area contributed by atoms with Gasteiger partial charge in [0, 0.05) is 17.5 Å². The third kappa shape index (κ3) is 3.31. The summed E-state index contributed by atoms with van der Waals surface area (Å²) in [6.45, 7) is 0. The van der Waals surface area contributed by atoms with E-state index in [9.17, 15) is 17.6 Å². The van der Waals surface area contributed by atoms with Gasteiger partial charge in [0.1, 0.15) is 5.82 Å². The number of rotatable bonds is 2. The predicted molar refractivity (Wildman–Crippen MR) is 65.4 cm³/mol. The molecule has 1 unspecified atom stereocenters. The number of benzene rings is 1. The molecule has 1 nitrogen and oxygen atoms in total. The van der Waals surface area contributed by atoms with Gasteiger partial charge in [-0.1, -0.05) is 0 Å². The Kier molecular flexibility index (Phi) is 4.04. The Balaban J connectivity index is 2.14. The molecule has 1 heterocycles. The molecule has 6 heteroatoms. The summed E-state index contributed by atoms with van der Waals surface area (Å²) in [7, 11) is 0. The number of alkyl halides is 3. The van der Waals surface area contributed by atoms with Gasteiger partial charge in [-0.2, -0.15) is 24.9 Å². The van der Waals surface area contributed by atoms with E-state index in [0.29, 0.717) is 5.69 Å². The van der Waals surface area contributed by atoms with Crippen molar-refractivity contribution in [3.63, 3.8) is 0 Å². The summed E-state index contributed by atoms with van der Waals surface area (Å²) in [6.07, 6.45) is -2.66. The Morgan fingerprint density at radius 2 is 2.06 bits per heavy atom. The van der Waals surface area contributed by atoms with E-state index in [1.165, 1.54) is 6.07 Å². The van der Waals surface area contributed by atoms with Crippen LogP contribution >= 0.6 is 11.8 Å². The first-order valence-electron chi connectivity index (χ1n) is 5.68. The van der Waals surface area contributed by atoms with Crippen LogP contribution in [-0.2, 0) is 6.18 Å². The van der Waals surface area contributed by atoms with Gasteiger partial charge < -0.3 is 5.32 Å². The van der Waals surface area contributed by atoms with Crippen LogP contribution in [0.15, 0.2) is 18.2 Å². The van der Waals surface area contributed by atoms with Crippen molar-refractivity contribution >= 4 is 17.4 Å². The second kappa shape index (κ2) is 5.38. The van der Waals surface area contributed by atoms with Crippen LogP contribution < -0.4 is 5.32 Å². The quantitative estimate of drug-likeness (QED) is 0.816. The van der Waals surface area contributed by atoms with E-state index in [1.807, 2.05) is 0 Å². The van der Waals surface area contributed by atoms with Crippen molar-refractivity contribution in [3.05, 3.63) is 29.6 Å². The topological polar surface area (TPSA) is 12.0 Å². The van der Waals surface area contributed by atoms with Gasteiger partial charge >= 0.3 is 6.18 Å². The lowest BCUT2D eigenvalue weighted by atomic mass is 10.1. The summed E-state index contributed by atoms with van der Waals surface area (Å²) >= 11 is 1.78. The highest BCUT2D eigenvalue weighted by atomic mass is 32.2. The average Bonchev–Trinajstić information content (AvgIpc) is 2.31. The van der Waals surface area contributed by atoms with E-state index in [-0.39, 0.29) is 6.04 Å². The van der Waals surface area contributed by atoms with Crippen molar-refractivity contribution in [2.45, 2.75) is 25.1 Å². The van der Waals surface area contributed by atoms with Crippen LogP contribution in [0.4, 0.5) is 23.2 Å². The molecule has 100 valence electrons. The molecule has 0 aromatic heterocycles. The van der Waals surface area contributed by atoms with Gasteiger partial charge in [0.25, 0.3) is 0 Å². The molecule has 0 aliphatic carbocycles. The number of hydrogen-bond donors (Lipinski definition) is 1. The van der Waals surface area contributed by atoms with Gasteiger partial charge in [0.2, 0.25) is 0 Å². The highest BCUT2D eigenvalue weighted by Crippen LogP contribution is 2.33. The van der Waals surface area contributed by atoms with Crippen LogP contribution in [0.1, 0.15) is 18.4 Å². The third-order valence-corrected chi connectivity index (χ3v) is 4.02. The van der Waals surface area contributed by atoms with Crippen molar-refractivity contribution in [2.24, 2.45) is 0 Å². The first kappa shape index (κ1) is 13.5. The molecule has 1 aliphatic rings. The lowest BCUT2D eigenvalue weighted by molar-refractivity contribution is -0.139. The molecule has 1 aromatic carbocycles. The van der Waals surface area contributed by atoms with Crippen molar-refractivity contribution in [2.75, 3.05) is 16.8 Å². The van der Waals surface area contributed by atoms with E-state index in [1.54, 1.807) is 11.8 Å². The Morgan fingerprint density at radius 1 is 1.28 bits per heavy atom. The van der Waals surface area contributed by atoms with Crippen molar-refractivity contribution in [3.8, 4) is 0 Å². The number of halogens is 4. The molecule has 0 radical (unpaired) electrons. The second-order valence-electron chi connectivity index (χ2n) is 4.25. The fraction of sp³-hybridized carbons (Fsp3) is 0.500. The zero-order valence-electron chi connectivity index (χ0n) is 9.56. The Hall–Kier alpha value is -0.910. The van der Waals surface area contributed by atoms with Crippen LogP contribution in [0.25, 0.3) is 0 Å². The molecule has 1 atom stereocenters. The lowest BCUT2D eigenvalue weighted by Crippen LogP contribution is -2.26. The summed E-state index contributed by atoms with van der Waals surface area (Å²) in [5, 5.41) is 3.03. The Morgan fingerprint density at radius 3 is 2.67 bits per heavy atom. The number of hydrogen-bond acceptors (Lipinski definition) is 2. The SMILES string of the molecule is Fc1ccc(NC2CCCSC2)cc1C(F)(F)F. The molecule has 18 heavy (non-hydrogen) atoms. The van der Waals surface area contributed by atoms with Gasteiger partial charge in [0.05, 0.1) is 5.56 Å². The molecule has 1 aliphatic heterocycles. The van der Waals surface area contributed by atoms with Gasteiger partial charge in [-0.3, -0.25) is 0 Å². The molecule has 0 saturated carbocycles. The van der Waals surface area contributed by atoms with Crippen LogP contribution in [0.5, 0.6) is 0 Å². The minimum atomic E-state index is -4.65. The first-order chi connectivity index (χ1) is 8.47. The molecule has 0 spiro atoms. The summed E-state index contributed by atoms with van der Waals surface area (Å²) in [6, 6.07) is 3.22. The van der Waals surface area contributed by atoms with E-state index < -0.39 is 17.6 Å². The largest absolute Gasteiger partial charge is 0.419 e. The Bertz CT molecular complexity index is 413. The molecule has 1 fully saturated rings. The summed E-state index contributed by atoms with van der Waals surface area (Å²) in [4.78, 5) is 0. The third-order valence-electron chi connectivity index (χ3n) is 2.80. The minimum Gasteiger partial charge on any atom is -0.381 e. The van der Waals surface area contributed by atoms with Crippen LogP contribution in [0.2, 0.25) is 0 Å². The zero-order chi connectivity index (χ0) is 13.2. The normalized spacial score (nSPS) is 20.8. The molecule has 1 N–H and O–H groups in total. The van der Waals surface area contributed by atoms with Crippen molar-refractivity contribution in [1.29, 1.82) is 0 Å². The fourth-order valence-corrected chi connectivity index (χ4v) is 2.99. The predicted octanol–water partition coefficient (Wildman–Crippen LogP) is 4.15. The maximum Gasteiger partial charge on any atom is 0.419 e. The number of nitrogens with one attached hydrogen (secondary N) is 1. The summed E-state index contributed by atoms with van der Waals surface area (Å²) < 4.78 is 50.7. The second-order valence-corrected chi connectivity index (χ2v) is 5.40. The number of thioether (sulfide) groups is 1. The van der Waals surface area contributed by atoms with Gasteiger partial charge in [-0.25, -0.2) is 4.39 Å². The molecule has 1 aromatic rings. The number of anilines is 1. The first-order valence-corrected chi connectivity index (χ1v) is 6.83. The summed E-state index contributed by atoms with van der Waals surface area (Å²) in [5.74, 6) is 0.736. The van der Waals surface area contributed by atoms with E-state index in [0.717, 1.165) is 36.5 Å². The van der Waals surface area contributed by atoms with Gasteiger partial charge in [0.15, 0.2) is 0 Å². The lowest BCUT2D eigenvalue weighted by Gasteiger charge is -2.24. The van der Waals surface area contributed by atoms with Gasteiger partial charge in [-0.15, -0.1) is 0 Å². The Labute approximate surface area is 107 Å². The van der Waals surface area contributed by atoms with Crippen LogP contribution in [0.3, 0.4) is 0 Å². The highest BCUT2D eigenvalue weighted by molar-refractivity contribution is 7.99. The van der Waals surface area contributed by atoms with E-state index >= 15 is 0 Å². The molecule has 2 rings (SSSR count). The fourth-order valence-electron chi connectivity index (χ4n) is 1.92. The van der Waals surface area contributed by atoms with E-state index in [4.69, 9.17) is 0 Å². The van der Waals surface area contributed by atoms with Gasteiger partial charge in [-0.05, 0) is 36.8 Å². The minimum absolute atomic E-state index is 0.162.